The lowest BCUT2D eigenvalue weighted by Gasteiger charge is -2.11. The Kier molecular flexibility index (Phi) is 5.54. The van der Waals surface area contributed by atoms with Gasteiger partial charge in [-0.15, -0.1) is 0 Å². The minimum atomic E-state index is -0.856. The molecule has 0 amide bonds. The van der Waals surface area contributed by atoms with E-state index in [1.807, 2.05) is 50.2 Å². The van der Waals surface area contributed by atoms with Crippen LogP contribution in [0.1, 0.15) is 20.3 Å². The normalized spacial score (nSPS) is 11.3. The van der Waals surface area contributed by atoms with E-state index in [0.717, 1.165) is 32.3 Å². The molecule has 154 valence electrons. The number of aliphatic carboxylic acids is 1. The SMILES string of the molecule is CC(C)Oc1ccc(-c2nc(-c3ccc4c(cnn4CCC(=O)O)c3)no2)cc1Br. The molecule has 0 aliphatic rings. The van der Waals surface area contributed by atoms with Crippen molar-refractivity contribution in [2.45, 2.75) is 32.9 Å². The third kappa shape index (κ3) is 4.20. The Morgan fingerprint density at radius 1 is 1.23 bits per heavy atom. The summed E-state index contributed by atoms with van der Waals surface area (Å²) in [5.41, 5.74) is 2.42. The molecule has 0 spiro atoms. The van der Waals surface area contributed by atoms with Crippen molar-refractivity contribution in [1.29, 1.82) is 0 Å². The number of carbonyl (C=O) groups is 1. The summed E-state index contributed by atoms with van der Waals surface area (Å²) < 4.78 is 13.7. The highest BCUT2D eigenvalue weighted by molar-refractivity contribution is 9.10. The van der Waals surface area contributed by atoms with Crippen LogP contribution >= 0.6 is 15.9 Å². The average Bonchev–Trinajstić information content (AvgIpc) is 3.34. The largest absolute Gasteiger partial charge is 0.490 e. The Labute approximate surface area is 180 Å². The van der Waals surface area contributed by atoms with Crippen molar-refractivity contribution in [3.63, 3.8) is 0 Å². The van der Waals surface area contributed by atoms with Crippen molar-refractivity contribution in [2.24, 2.45) is 0 Å². The van der Waals surface area contributed by atoms with Gasteiger partial charge in [-0.05, 0) is 66.2 Å². The Balaban J connectivity index is 1.58. The molecule has 2 heterocycles. The number of benzene rings is 2. The first-order valence-corrected chi connectivity index (χ1v) is 10.2. The molecule has 0 radical (unpaired) electrons. The first kappa shape index (κ1) is 20.1. The van der Waals surface area contributed by atoms with E-state index >= 15 is 0 Å². The monoisotopic (exact) mass is 470 g/mol. The van der Waals surface area contributed by atoms with Crippen molar-refractivity contribution in [2.75, 3.05) is 0 Å². The molecule has 0 saturated carbocycles. The third-order valence-electron chi connectivity index (χ3n) is 4.41. The van der Waals surface area contributed by atoms with E-state index in [1.54, 1.807) is 10.9 Å². The van der Waals surface area contributed by atoms with Gasteiger partial charge in [0, 0.05) is 16.5 Å². The standard InChI is InChI=1S/C21H19BrN4O4/c1-12(2)29-18-6-4-14(10-16(18)22)21-24-20(25-30-21)13-3-5-17-15(9-13)11-23-26(17)8-7-19(27)28/h3-6,9-12H,7-8H2,1-2H3,(H,27,28). The Morgan fingerprint density at radius 3 is 2.77 bits per heavy atom. The molecule has 0 aliphatic carbocycles. The van der Waals surface area contributed by atoms with Crippen LogP contribution in [0.5, 0.6) is 5.75 Å². The molecule has 30 heavy (non-hydrogen) atoms. The van der Waals surface area contributed by atoms with Gasteiger partial charge in [-0.2, -0.15) is 10.1 Å². The minimum absolute atomic E-state index is 0.0172. The first-order chi connectivity index (χ1) is 14.4. The van der Waals surface area contributed by atoms with E-state index in [2.05, 4.69) is 31.2 Å². The zero-order valence-electron chi connectivity index (χ0n) is 16.4. The predicted molar refractivity (Wildman–Crippen MR) is 114 cm³/mol. The maximum atomic E-state index is 10.8. The second-order valence-electron chi connectivity index (χ2n) is 7.02. The molecular weight excluding hydrogens is 452 g/mol. The smallest absolute Gasteiger partial charge is 0.305 e. The summed E-state index contributed by atoms with van der Waals surface area (Å²) in [4.78, 5) is 15.3. The van der Waals surface area contributed by atoms with E-state index in [1.165, 1.54) is 0 Å². The second-order valence-corrected chi connectivity index (χ2v) is 7.87. The lowest BCUT2D eigenvalue weighted by atomic mass is 10.1. The molecular formula is C21H19BrN4O4. The number of aryl methyl sites for hydroxylation is 1. The summed E-state index contributed by atoms with van der Waals surface area (Å²) in [5.74, 6) is 0.756. The van der Waals surface area contributed by atoms with E-state index in [-0.39, 0.29) is 12.5 Å². The van der Waals surface area contributed by atoms with Crippen molar-refractivity contribution < 1.29 is 19.2 Å². The molecule has 0 unspecified atom stereocenters. The van der Waals surface area contributed by atoms with Crippen LogP contribution in [-0.2, 0) is 11.3 Å². The minimum Gasteiger partial charge on any atom is -0.490 e. The second kappa shape index (κ2) is 8.27. The number of ether oxygens (including phenoxy) is 1. The van der Waals surface area contributed by atoms with Crippen LogP contribution in [-0.4, -0.2) is 37.1 Å². The van der Waals surface area contributed by atoms with E-state index in [0.29, 0.717) is 18.3 Å². The summed E-state index contributed by atoms with van der Waals surface area (Å²) in [6, 6.07) is 11.3. The number of nitrogens with zero attached hydrogens (tertiary/aromatic N) is 4. The van der Waals surface area contributed by atoms with Crippen LogP contribution in [0.15, 0.2) is 51.6 Å². The molecule has 2 aromatic carbocycles. The molecule has 9 heteroatoms. The van der Waals surface area contributed by atoms with Gasteiger partial charge in [0.2, 0.25) is 5.82 Å². The highest BCUT2D eigenvalue weighted by Gasteiger charge is 2.14. The van der Waals surface area contributed by atoms with Crippen LogP contribution in [0.4, 0.5) is 0 Å². The molecule has 2 aromatic heterocycles. The van der Waals surface area contributed by atoms with Crippen LogP contribution in [0, 0.1) is 0 Å². The van der Waals surface area contributed by atoms with Gasteiger partial charge in [0.25, 0.3) is 5.89 Å². The van der Waals surface area contributed by atoms with Crippen LogP contribution in [0.3, 0.4) is 0 Å². The molecule has 0 atom stereocenters. The highest BCUT2D eigenvalue weighted by atomic mass is 79.9. The zero-order chi connectivity index (χ0) is 21.3. The van der Waals surface area contributed by atoms with E-state index in [9.17, 15) is 4.79 Å². The fourth-order valence-corrected chi connectivity index (χ4v) is 3.52. The maximum Gasteiger partial charge on any atom is 0.305 e. The molecule has 4 aromatic rings. The van der Waals surface area contributed by atoms with Gasteiger partial charge in [-0.1, -0.05) is 5.16 Å². The lowest BCUT2D eigenvalue weighted by molar-refractivity contribution is -0.137. The first-order valence-electron chi connectivity index (χ1n) is 9.39. The predicted octanol–water partition coefficient (Wildman–Crippen LogP) is 4.78. The molecule has 0 saturated heterocycles. The molecule has 4 rings (SSSR count). The number of carboxylic acid groups (broad SMARTS) is 1. The summed E-state index contributed by atoms with van der Waals surface area (Å²) in [5, 5.41) is 18.1. The number of rotatable bonds is 7. The average molecular weight is 471 g/mol. The summed E-state index contributed by atoms with van der Waals surface area (Å²) in [7, 11) is 0. The van der Waals surface area contributed by atoms with Crippen LogP contribution < -0.4 is 4.74 Å². The van der Waals surface area contributed by atoms with Crippen molar-refractivity contribution in [1.82, 2.24) is 19.9 Å². The quantitative estimate of drug-likeness (QED) is 0.414. The van der Waals surface area contributed by atoms with Gasteiger partial charge in [0.1, 0.15) is 5.75 Å². The molecule has 0 aliphatic heterocycles. The maximum absolute atomic E-state index is 10.8. The Hall–Kier alpha value is -3.20. The van der Waals surface area contributed by atoms with Gasteiger partial charge in [0.15, 0.2) is 0 Å². The molecule has 1 N–H and O–H groups in total. The number of fused-ring (bicyclic) bond motifs is 1. The lowest BCUT2D eigenvalue weighted by Crippen LogP contribution is -2.05. The van der Waals surface area contributed by atoms with Gasteiger partial charge >= 0.3 is 5.97 Å². The molecule has 0 bridgehead atoms. The number of halogens is 1. The Bertz CT molecular complexity index is 1210. The summed E-state index contributed by atoms with van der Waals surface area (Å²) in [6.07, 6.45) is 1.79. The third-order valence-corrected chi connectivity index (χ3v) is 5.02. The fourth-order valence-electron chi connectivity index (χ4n) is 3.05. The van der Waals surface area contributed by atoms with Crippen LogP contribution in [0.2, 0.25) is 0 Å². The molecule has 8 nitrogen and oxygen atoms in total. The number of aromatic nitrogens is 4. The van der Waals surface area contributed by atoms with Crippen molar-refractivity contribution in [3.8, 4) is 28.6 Å². The highest BCUT2D eigenvalue weighted by Crippen LogP contribution is 2.32. The summed E-state index contributed by atoms with van der Waals surface area (Å²) >= 11 is 3.51. The van der Waals surface area contributed by atoms with Gasteiger partial charge < -0.3 is 14.4 Å². The van der Waals surface area contributed by atoms with Gasteiger partial charge in [-0.25, -0.2) is 0 Å². The summed E-state index contributed by atoms with van der Waals surface area (Å²) in [6.45, 7) is 4.25. The zero-order valence-corrected chi connectivity index (χ0v) is 18.0. The number of hydrogen-bond donors (Lipinski definition) is 1. The van der Waals surface area contributed by atoms with E-state index < -0.39 is 5.97 Å². The van der Waals surface area contributed by atoms with Gasteiger partial charge in [0.05, 0.1) is 35.3 Å². The van der Waals surface area contributed by atoms with E-state index in [4.69, 9.17) is 14.4 Å². The topological polar surface area (TPSA) is 103 Å². The number of hydrogen-bond acceptors (Lipinski definition) is 6. The number of carboxylic acids is 1. The van der Waals surface area contributed by atoms with Crippen LogP contribution in [0.25, 0.3) is 33.7 Å². The fraction of sp³-hybridized carbons (Fsp3) is 0.238. The van der Waals surface area contributed by atoms with Crippen molar-refractivity contribution >= 4 is 32.8 Å². The van der Waals surface area contributed by atoms with Crippen molar-refractivity contribution in [3.05, 3.63) is 47.1 Å². The molecule has 0 fully saturated rings. The Morgan fingerprint density at radius 2 is 2.03 bits per heavy atom. The van der Waals surface area contributed by atoms with Gasteiger partial charge in [-0.3, -0.25) is 9.48 Å².